The Labute approximate surface area is 197 Å². The smallest absolute Gasteiger partial charge is 0.254 e. The van der Waals surface area contributed by atoms with E-state index in [0.717, 1.165) is 0 Å². The van der Waals surface area contributed by atoms with E-state index in [2.05, 4.69) is 5.32 Å². The van der Waals surface area contributed by atoms with Gasteiger partial charge >= 0.3 is 0 Å². The quantitative estimate of drug-likeness (QED) is 0.662. The van der Waals surface area contributed by atoms with Gasteiger partial charge in [0, 0.05) is 43.2 Å². The van der Waals surface area contributed by atoms with Gasteiger partial charge in [-0.3, -0.25) is 9.59 Å². The van der Waals surface area contributed by atoms with Crippen LogP contribution >= 0.6 is 11.3 Å². The van der Waals surface area contributed by atoms with Crippen molar-refractivity contribution in [1.29, 1.82) is 0 Å². The lowest BCUT2D eigenvalue weighted by Crippen LogP contribution is -2.41. The van der Waals surface area contributed by atoms with Crippen LogP contribution in [0, 0.1) is 5.92 Å². The first-order valence-electron chi connectivity index (χ1n) is 10.8. The summed E-state index contributed by atoms with van der Waals surface area (Å²) in [6, 6.07) is 6.42. The Morgan fingerprint density at radius 2 is 1.85 bits per heavy atom. The molecule has 3 heterocycles. The molecule has 2 aromatic rings. The first-order valence-corrected chi connectivity index (χ1v) is 13.2. The second-order valence-corrected chi connectivity index (χ2v) is 10.6. The molecule has 2 fully saturated rings. The van der Waals surface area contributed by atoms with Gasteiger partial charge in [0.15, 0.2) is 0 Å². The zero-order valence-corrected chi connectivity index (χ0v) is 20.0. The van der Waals surface area contributed by atoms with E-state index in [1.54, 1.807) is 23.1 Å². The van der Waals surface area contributed by atoms with Gasteiger partial charge in [-0.25, -0.2) is 8.42 Å². The van der Waals surface area contributed by atoms with Crippen LogP contribution in [-0.4, -0.2) is 75.9 Å². The van der Waals surface area contributed by atoms with Crippen molar-refractivity contribution in [2.45, 2.75) is 17.7 Å². The summed E-state index contributed by atoms with van der Waals surface area (Å²) < 4.78 is 38.2. The molecule has 0 spiro atoms. The summed E-state index contributed by atoms with van der Waals surface area (Å²) in [6.45, 7) is 2.23. The van der Waals surface area contributed by atoms with Crippen molar-refractivity contribution in [3.05, 3.63) is 40.6 Å². The molecule has 0 aliphatic carbocycles. The third-order valence-electron chi connectivity index (χ3n) is 5.94. The number of hydrogen-bond acceptors (Lipinski definition) is 7. The molecule has 0 unspecified atom stereocenters. The van der Waals surface area contributed by atoms with Gasteiger partial charge < -0.3 is 19.7 Å². The highest BCUT2D eigenvalue weighted by Gasteiger charge is 2.31. The monoisotopic (exact) mass is 493 g/mol. The molecule has 0 bridgehead atoms. The van der Waals surface area contributed by atoms with Crippen molar-refractivity contribution < 1.29 is 27.5 Å². The van der Waals surface area contributed by atoms with E-state index < -0.39 is 10.0 Å². The number of amides is 2. The third-order valence-corrected chi connectivity index (χ3v) is 8.54. The number of nitrogens with one attached hydrogen (secondary N) is 1. The second-order valence-electron chi connectivity index (χ2n) is 7.95. The fourth-order valence-corrected chi connectivity index (χ4v) is 6.26. The highest BCUT2D eigenvalue weighted by Crippen LogP contribution is 2.31. The summed E-state index contributed by atoms with van der Waals surface area (Å²) >= 11 is 1.48. The van der Waals surface area contributed by atoms with Crippen LogP contribution < -0.4 is 10.1 Å². The molecule has 0 atom stereocenters. The van der Waals surface area contributed by atoms with Gasteiger partial charge in [-0.2, -0.15) is 15.6 Å². The second kappa shape index (κ2) is 10.2. The molecule has 33 heavy (non-hydrogen) atoms. The van der Waals surface area contributed by atoms with Crippen LogP contribution in [0.1, 0.15) is 23.2 Å². The van der Waals surface area contributed by atoms with Crippen LogP contribution in [-0.2, 0) is 19.6 Å². The van der Waals surface area contributed by atoms with Crippen LogP contribution in [0.25, 0.3) is 0 Å². The van der Waals surface area contributed by atoms with Crippen molar-refractivity contribution in [3.63, 3.8) is 0 Å². The number of nitrogens with zero attached hydrogens (tertiary/aromatic N) is 2. The number of methoxy groups -OCH3 is 1. The number of hydrogen-bond donors (Lipinski definition) is 1. The zero-order chi connectivity index (χ0) is 23.4. The van der Waals surface area contributed by atoms with Gasteiger partial charge in [0.25, 0.3) is 5.91 Å². The van der Waals surface area contributed by atoms with Crippen molar-refractivity contribution in [2.24, 2.45) is 5.92 Å². The molecule has 2 aliphatic heterocycles. The highest BCUT2D eigenvalue weighted by molar-refractivity contribution is 7.89. The van der Waals surface area contributed by atoms with E-state index in [9.17, 15) is 18.0 Å². The topological polar surface area (TPSA) is 105 Å². The molecule has 11 heteroatoms. The third kappa shape index (κ3) is 5.21. The maximum Gasteiger partial charge on any atom is 0.254 e. The van der Waals surface area contributed by atoms with E-state index in [4.69, 9.17) is 9.47 Å². The Morgan fingerprint density at radius 1 is 1.12 bits per heavy atom. The van der Waals surface area contributed by atoms with Crippen LogP contribution in [0.5, 0.6) is 5.75 Å². The van der Waals surface area contributed by atoms with Crippen molar-refractivity contribution in [3.8, 4) is 5.75 Å². The van der Waals surface area contributed by atoms with Gasteiger partial charge in [-0.05, 0) is 42.5 Å². The molecule has 1 aromatic heterocycles. The molecule has 1 aromatic carbocycles. The Bertz CT molecular complexity index is 1090. The average molecular weight is 494 g/mol. The summed E-state index contributed by atoms with van der Waals surface area (Å²) in [7, 11) is -2.38. The average Bonchev–Trinajstić information content (AvgIpc) is 3.39. The van der Waals surface area contributed by atoms with Gasteiger partial charge in [0.05, 0.1) is 25.9 Å². The normalized spacial score (nSPS) is 18.2. The minimum atomic E-state index is -3.79. The maximum absolute atomic E-state index is 13.1. The Hall–Kier alpha value is -2.47. The van der Waals surface area contributed by atoms with Crippen molar-refractivity contribution in [1.82, 2.24) is 9.21 Å². The number of thiophene rings is 1. The molecule has 2 saturated heterocycles. The van der Waals surface area contributed by atoms with E-state index in [-0.39, 0.29) is 41.5 Å². The fourth-order valence-electron chi connectivity index (χ4n) is 4.04. The molecular formula is C22H27N3O6S2. The number of benzene rings is 1. The Morgan fingerprint density at radius 3 is 2.48 bits per heavy atom. The Balaban J connectivity index is 1.42. The maximum atomic E-state index is 13.1. The number of piperidine rings is 1. The SMILES string of the molecule is COc1ccc(NC(=O)C2CCN(C(=O)c3ccsc3)CC2)cc1S(=O)(=O)N1CCOCC1. The molecular weight excluding hydrogens is 466 g/mol. The van der Waals surface area contributed by atoms with Crippen molar-refractivity contribution >= 4 is 38.9 Å². The van der Waals surface area contributed by atoms with E-state index in [1.807, 2.05) is 10.8 Å². The van der Waals surface area contributed by atoms with E-state index in [1.165, 1.54) is 28.8 Å². The number of carbonyl (C=O) groups excluding carboxylic acids is 2. The number of rotatable bonds is 6. The van der Waals surface area contributed by atoms with E-state index >= 15 is 0 Å². The summed E-state index contributed by atoms with van der Waals surface area (Å²) in [5.41, 5.74) is 1.07. The molecule has 1 N–H and O–H groups in total. The summed E-state index contributed by atoms with van der Waals surface area (Å²) in [6.07, 6.45) is 1.10. The lowest BCUT2D eigenvalue weighted by molar-refractivity contribution is -0.121. The van der Waals surface area contributed by atoms with Crippen molar-refractivity contribution in [2.75, 3.05) is 51.8 Å². The number of anilines is 1. The van der Waals surface area contributed by atoms with E-state index in [0.29, 0.717) is 50.4 Å². The van der Waals surface area contributed by atoms with Gasteiger partial charge in [0.1, 0.15) is 10.6 Å². The lowest BCUT2D eigenvalue weighted by atomic mass is 9.95. The summed E-state index contributed by atoms with van der Waals surface area (Å²) in [4.78, 5) is 27.2. The minimum absolute atomic E-state index is 0.0109. The molecule has 4 rings (SSSR count). The molecule has 2 amide bonds. The standard InChI is InChI=1S/C22H27N3O6S2/c1-30-19-3-2-18(14-20(19)33(28,29)25-9-11-31-12-10-25)23-21(26)16-4-7-24(8-5-16)22(27)17-6-13-32-15-17/h2-3,6,13-16H,4-5,7-12H2,1H3,(H,23,26). The summed E-state index contributed by atoms with van der Waals surface area (Å²) in [5, 5.41) is 6.54. The number of morpholine rings is 1. The fraction of sp³-hybridized carbons (Fsp3) is 0.455. The lowest BCUT2D eigenvalue weighted by Gasteiger charge is -2.31. The van der Waals surface area contributed by atoms with Gasteiger partial charge in [-0.15, -0.1) is 0 Å². The van der Waals surface area contributed by atoms with Gasteiger partial charge in [-0.1, -0.05) is 0 Å². The number of carbonyl (C=O) groups is 2. The van der Waals surface area contributed by atoms with Crippen LogP contribution in [0.3, 0.4) is 0 Å². The predicted octanol–water partition coefficient (Wildman–Crippen LogP) is 2.27. The number of sulfonamides is 1. The van der Waals surface area contributed by atoms with Crippen LogP contribution in [0.2, 0.25) is 0 Å². The first kappa shape index (κ1) is 23.7. The molecule has 9 nitrogen and oxygen atoms in total. The van der Waals surface area contributed by atoms with Gasteiger partial charge in [0.2, 0.25) is 15.9 Å². The largest absolute Gasteiger partial charge is 0.495 e. The Kier molecular flexibility index (Phi) is 7.32. The molecule has 178 valence electrons. The molecule has 2 aliphatic rings. The van der Waals surface area contributed by atoms with Crippen LogP contribution in [0.4, 0.5) is 5.69 Å². The predicted molar refractivity (Wildman–Crippen MR) is 124 cm³/mol. The first-order chi connectivity index (χ1) is 15.9. The highest BCUT2D eigenvalue weighted by atomic mass is 32.2. The summed E-state index contributed by atoms with van der Waals surface area (Å²) in [5.74, 6) is -0.224. The number of ether oxygens (including phenoxy) is 2. The zero-order valence-electron chi connectivity index (χ0n) is 18.4. The van der Waals surface area contributed by atoms with Crippen LogP contribution in [0.15, 0.2) is 39.9 Å². The molecule has 0 saturated carbocycles. The molecule has 0 radical (unpaired) electrons. The minimum Gasteiger partial charge on any atom is -0.495 e. The number of likely N-dealkylation sites (tertiary alicyclic amines) is 1.